The molecule has 1 fully saturated rings. The number of anilines is 1. The number of benzene rings is 1. The molecule has 3 nitrogen and oxygen atoms in total. The third kappa shape index (κ3) is 2.33. The molecule has 1 unspecified atom stereocenters. The van der Waals surface area contributed by atoms with Crippen molar-refractivity contribution >= 4 is 5.69 Å². The molecule has 1 aliphatic heterocycles. The smallest absolute Gasteiger partial charge is 0.128 e. The lowest BCUT2D eigenvalue weighted by molar-refractivity contribution is 0.122. The van der Waals surface area contributed by atoms with Crippen LogP contribution in [0.1, 0.15) is 18.5 Å². The number of halogens is 1. The van der Waals surface area contributed by atoms with Gasteiger partial charge in [-0.1, -0.05) is 0 Å². The van der Waals surface area contributed by atoms with Crippen LogP contribution in [0.5, 0.6) is 0 Å². The fraction of sp³-hybridized carbons (Fsp3) is 0.500. The SMILES string of the molecule is CC(N)c1cc(N2CCOCC2)ccc1F. The van der Waals surface area contributed by atoms with Crippen molar-refractivity contribution in [2.75, 3.05) is 31.2 Å². The number of hydrogen-bond acceptors (Lipinski definition) is 3. The summed E-state index contributed by atoms with van der Waals surface area (Å²) in [5.41, 5.74) is 7.33. The minimum Gasteiger partial charge on any atom is -0.378 e. The first-order valence-corrected chi connectivity index (χ1v) is 5.56. The maximum Gasteiger partial charge on any atom is 0.128 e. The van der Waals surface area contributed by atoms with Gasteiger partial charge >= 0.3 is 0 Å². The lowest BCUT2D eigenvalue weighted by Crippen LogP contribution is -2.36. The normalized spacial score (nSPS) is 18.6. The van der Waals surface area contributed by atoms with Crippen molar-refractivity contribution in [1.29, 1.82) is 0 Å². The van der Waals surface area contributed by atoms with E-state index in [1.807, 2.05) is 6.07 Å². The molecular formula is C12H17FN2O. The third-order valence-electron chi connectivity index (χ3n) is 2.85. The Kier molecular flexibility index (Phi) is 3.41. The van der Waals surface area contributed by atoms with Crippen LogP contribution in [0.3, 0.4) is 0 Å². The van der Waals surface area contributed by atoms with Crippen LogP contribution in [0, 0.1) is 5.82 Å². The van der Waals surface area contributed by atoms with Gasteiger partial charge in [0.2, 0.25) is 0 Å². The van der Waals surface area contributed by atoms with Gasteiger partial charge < -0.3 is 15.4 Å². The Morgan fingerprint density at radius 3 is 2.69 bits per heavy atom. The quantitative estimate of drug-likeness (QED) is 0.830. The van der Waals surface area contributed by atoms with Gasteiger partial charge in [-0.15, -0.1) is 0 Å². The first-order chi connectivity index (χ1) is 7.68. The van der Waals surface area contributed by atoms with E-state index in [-0.39, 0.29) is 11.9 Å². The molecule has 0 bridgehead atoms. The predicted octanol–water partition coefficient (Wildman–Crippen LogP) is 1.68. The Morgan fingerprint density at radius 2 is 2.06 bits per heavy atom. The number of rotatable bonds is 2. The number of ether oxygens (including phenoxy) is 1. The molecule has 0 aliphatic carbocycles. The molecule has 1 saturated heterocycles. The molecule has 0 amide bonds. The zero-order valence-electron chi connectivity index (χ0n) is 9.45. The van der Waals surface area contributed by atoms with Gasteiger partial charge in [0, 0.05) is 30.4 Å². The fourth-order valence-corrected chi connectivity index (χ4v) is 1.90. The van der Waals surface area contributed by atoms with Crippen LogP contribution in [0.25, 0.3) is 0 Å². The Bertz CT molecular complexity index is 362. The lowest BCUT2D eigenvalue weighted by Gasteiger charge is -2.29. The van der Waals surface area contributed by atoms with Crippen LogP contribution in [0.4, 0.5) is 10.1 Å². The number of hydrogen-bond donors (Lipinski definition) is 1. The van der Waals surface area contributed by atoms with Gasteiger partial charge in [-0.2, -0.15) is 0 Å². The lowest BCUT2D eigenvalue weighted by atomic mass is 10.1. The summed E-state index contributed by atoms with van der Waals surface area (Å²) in [5.74, 6) is -0.230. The molecule has 2 rings (SSSR count). The molecule has 0 spiro atoms. The minimum atomic E-state index is -0.277. The highest BCUT2D eigenvalue weighted by molar-refractivity contribution is 5.50. The molecule has 1 heterocycles. The second-order valence-electron chi connectivity index (χ2n) is 4.09. The molecule has 88 valence electrons. The van der Waals surface area contributed by atoms with E-state index >= 15 is 0 Å². The first-order valence-electron chi connectivity index (χ1n) is 5.56. The van der Waals surface area contributed by atoms with Crippen LogP contribution < -0.4 is 10.6 Å². The van der Waals surface area contributed by atoms with Crippen LogP contribution in [-0.4, -0.2) is 26.3 Å². The summed E-state index contributed by atoms with van der Waals surface area (Å²) in [6.45, 7) is 4.95. The minimum absolute atomic E-state index is 0.230. The van der Waals surface area contributed by atoms with Crippen molar-refractivity contribution in [2.45, 2.75) is 13.0 Å². The summed E-state index contributed by atoms with van der Waals surface area (Å²) < 4.78 is 18.7. The van der Waals surface area contributed by atoms with E-state index in [0.29, 0.717) is 5.56 Å². The van der Waals surface area contributed by atoms with Crippen molar-refractivity contribution in [2.24, 2.45) is 5.73 Å². The van der Waals surface area contributed by atoms with Gasteiger partial charge in [0.05, 0.1) is 13.2 Å². The maximum atomic E-state index is 13.5. The Labute approximate surface area is 95.0 Å². The van der Waals surface area contributed by atoms with E-state index in [1.54, 1.807) is 13.0 Å². The van der Waals surface area contributed by atoms with E-state index in [9.17, 15) is 4.39 Å². The van der Waals surface area contributed by atoms with Crippen molar-refractivity contribution in [3.05, 3.63) is 29.6 Å². The zero-order valence-corrected chi connectivity index (χ0v) is 9.45. The molecule has 2 N–H and O–H groups in total. The van der Waals surface area contributed by atoms with Crippen molar-refractivity contribution in [3.8, 4) is 0 Å². The van der Waals surface area contributed by atoms with E-state index in [4.69, 9.17) is 10.5 Å². The number of morpholine rings is 1. The van der Waals surface area contributed by atoms with Crippen molar-refractivity contribution < 1.29 is 9.13 Å². The summed E-state index contributed by atoms with van der Waals surface area (Å²) in [7, 11) is 0. The van der Waals surface area contributed by atoms with Gasteiger partial charge in [-0.25, -0.2) is 4.39 Å². The number of nitrogens with zero attached hydrogens (tertiary/aromatic N) is 1. The Morgan fingerprint density at radius 1 is 1.38 bits per heavy atom. The molecule has 4 heteroatoms. The van der Waals surface area contributed by atoms with Crippen LogP contribution in [-0.2, 0) is 4.74 Å². The van der Waals surface area contributed by atoms with Crippen LogP contribution in [0.15, 0.2) is 18.2 Å². The van der Waals surface area contributed by atoms with E-state index in [2.05, 4.69) is 4.90 Å². The second kappa shape index (κ2) is 4.80. The fourth-order valence-electron chi connectivity index (χ4n) is 1.90. The highest BCUT2D eigenvalue weighted by Gasteiger charge is 2.14. The standard InChI is InChI=1S/C12H17FN2O/c1-9(14)11-8-10(2-3-12(11)13)15-4-6-16-7-5-15/h2-3,8-9H,4-7,14H2,1H3. The highest BCUT2D eigenvalue weighted by atomic mass is 19.1. The molecule has 1 aromatic rings. The average molecular weight is 224 g/mol. The highest BCUT2D eigenvalue weighted by Crippen LogP contribution is 2.23. The third-order valence-corrected chi connectivity index (χ3v) is 2.85. The molecule has 0 saturated carbocycles. The molecule has 1 atom stereocenters. The summed E-state index contributed by atoms with van der Waals surface area (Å²) in [5, 5.41) is 0. The summed E-state index contributed by atoms with van der Waals surface area (Å²) in [6, 6.07) is 4.85. The predicted molar refractivity (Wildman–Crippen MR) is 62.0 cm³/mol. The molecular weight excluding hydrogens is 207 g/mol. The molecule has 0 aromatic heterocycles. The first kappa shape index (κ1) is 11.4. The van der Waals surface area contributed by atoms with Gasteiger partial charge in [0.15, 0.2) is 0 Å². The van der Waals surface area contributed by atoms with Crippen molar-refractivity contribution in [3.63, 3.8) is 0 Å². The Balaban J connectivity index is 2.24. The summed E-state index contributed by atoms with van der Waals surface area (Å²) in [4.78, 5) is 2.19. The molecule has 1 aliphatic rings. The van der Waals surface area contributed by atoms with Gasteiger partial charge in [-0.05, 0) is 25.1 Å². The largest absolute Gasteiger partial charge is 0.378 e. The van der Waals surface area contributed by atoms with Crippen LogP contribution >= 0.6 is 0 Å². The topological polar surface area (TPSA) is 38.5 Å². The molecule has 1 aromatic carbocycles. The average Bonchev–Trinajstić information content (AvgIpc) is 2.30. The molecule has 16 heavy (non-hydrogen) atoms. The van der Waals surface area contributed by atoms with E-state index in [1.165, 1.54) is 6.07 Å². The van der Waals surface area contributed by atoms with Gasteiger partial charge in [-0.3, -0.25) is 0 Å². The summed E-state index contributed by atoms with van der Waals surface area (Å²) >= 11 is 0. The maximum absolute atomic E-state index is 13.5. The van der Waals surface area contributed by atoms with Gasteiger partial charge in [0.25, 0.3) is 0 Å². The number of nitrogens with two attached hydrogens (primary N) is 1. The monoisotopic (exact) mass is 224 g/mol. The van der Waals surface area contributed by atoms with E-state index in [0.717, 1.165) is 32.0 Å². The van der Waals surface area contributed by atoms with Crippen LogP contribution in [0.2, 0.25) is 0 Å². The Hall–Kier alpha value is -1.13. The zero-order chi connectivity index (χ0) is 11.5. The van der Waals surface area contributed by atoms with Crippen molar-refractivity contribution in [1.82, 2.24) is 0 Å². The summed E-state index contributed by atoms with van der Waals surface area (Å²) in [6.07, 6.45) is 0. The van der Waals surface area contributed by atoms with Gasteiger partial charge in [0.1, 0.15) is 5.82 Å². The second-order valence-corrected chi connectivity index (χ2v) is 4.09. The molecule has 0 radical (unpaired) electrons. The van der Waals surface area contributed by atoms with E-state index < -0.39 is 0 Å².